The minimum absolute atomic E-state index is 0.752. The smallest absolute Gasteiger partial charge is 0.0249 e. The molecule has 1 aliphatic rings. The zero-order valence-electron chi connectivity index (χ0n) is 12.2. The lowest BCUT2D eigenvalue weighted by atomic mass is 9.80. The molecule has 1 fully saturated rings. The Labute approximate surface area is 131 Å². The number of hydrogen-bond donors (Lipinski definition) is 0. The monoisotopic (exact) mass is 330 g/mol. The van der Waals surface area contributed by atoms with Crippen molar-refractivity contribution >= 4 is 15.9 Å². The quantitative estimate of drug-likeness (QED) is 0.599. The van der Waals surface area contributed by atoms with E-state index in [-0.39, 0.29) is 0 Å². The van der Waals surface area contributed by atoms with Crippen LogP contribution < -0.4 is 0 Å². The number of halogens is 1. The lowest BCUT2D eigenvalue weighted by Gasteiger charge is -2.26. The van der Waals surface area contributed by atoms with Crippen LogP contribution in [0.25, 0.3) is 0 Å². The highest BCUT2D eigenvalue weighted by Crippen LogP contribution is 2.31. The maximum absolute atomic E-state index is 3.43. The second-order valence-electron chi connectivity index (χ2n) is 5.70. The topological polar surface area (TPSA) is 0 Å². The molecule has 0 nitrogen and oxygen atoms in total. The second-order valence-corrected chi connectivity index (χ2v) is 6.62. The van der Waals surface area contributed by atoms with E-state index in [0.717, 1.165) is 21.9 Å². The molecule has 0 N–H and O–H groups in total. The summed E-state index contributed by atoms with van der Waals surface area (Å²) < 4.78 is 1.10. The zero-order valence-corrected chi connectivity index (χ0v) is 13.8. The van der Waals surface area contributed by atoms with Crippen LogP contribution in [0.5, 0.6) is 0 Å². The maximum atomic E-state index is 3.43. The fourth-order valence-electron chi connectivity index (χ4n) is 2.92. The number of allylic oxidation sites excluding steroid dienone is 2. The van der Waals surface area contributed by atoms with E-state index < -0.39 is 0 Å². The lowest BCUT2D eigenvalue weighted by molar-refractivity contribution is 0.294. The van der Waals surface area contributed by atoms with Crippen molar-refractivity contribution in [2.75, 3.05) is 0 Å². The van der Waals surface area contributed by atoms with Gasteiger partial charge < -0.3 is 0 Å². The van der Waals surface area contributed by atoms with Crippen molar-refractivity contribution < 1.29 is 0 Å². The van der Waals surface area contributed by atoms with Crippen LogP contribution in [0.3, 0.4) is 0 Å². The van der Waals surface area contributed by atoms with Crippen LogP contribution in [0.1, 0.15) is 51.0 Å². The summed E-state index contributed by atoms with van der Waals surface area (Å²) in [5.41, 5.74) is 1.07. The first-order valence-electron chi connectivity index (χ1n) is 7.71. The van der Waals surface area contributed by atoms with E-state index in [0.29, 0.717) is 0 Å². The van der Waals surface area contributed by atoms with Gasteiger partial charge in [-0.3, -0.25) is 0 Å². The Hall–Kier alpha value is -1.000. The molecule has 0 aromatic heterocycles. The molecule has 1 aromatic rings. The van der Waals surface area contributed by atoms with E-state index in [9.17, 15) is 0 Å². The van der Waals surface area contributed by atoms with Gasteiger partial charge in [0.25, 0.3) is 0 Å². The number of hydrogen-bond acceptors (Lipinski definition) is 0. The summed E-state index contributed by atoms with van der Waals surface area (Å²) in [6, 6.07) is 8.15. The average molecular weight is 331 g/mol. The van der Waals surface area contributed by atoms with Gasteiger partial charge in [-0.15, -0.1) is 0 Å². The highest BCUT2D eigenvalue weighted by Gasteiger charge is 2.18. The van der Waals surface area contributed by atoms with Crippen molar-refractivity contribution in [3.05, 3.63) is 46.5 Å². The summed E-state index contributed by atoms with van der Waals surface area (Å²) >= 11 is 3.43. The van der Waals surface area contributed by atoms with Gasteiger partial charge in [0.2, 0.25) is 0 Å². The van der Waals surface area contributed by atoms with E-state index in [1.54, 1.807) is 0 Å². The third-order valence-corrected chi connectivity index (χ3v) is 4.63. The van der Waals surface area contributed by atoms with E-state index in [1.807, 2.05) is 30.3 Å². The molecule has 1 heteroatoms. The molecule has 0 radical (unpaired) electrons. The highest BCUT2D eigenvalue weighted by atomic mass is 79.9. The molecule has 1 saturated carbocycles. The van der Waals surface area contributed by atoms with Crippen molar-refractivity contribution in [3.63, 3.8) is 0 Å². The van der Waals surface area contributed by atoms with Crippen LogP contribution in [0, 0.1) is 23.7 Å². The second kappa shape index (κ2) is 8.32. The lowest BCUT2D eigenvalue weighted by Crippen LogP contribution is -2.12. The first kappa shape index (κ1) is 15.4. The molecule has 0 saturated heterocycles. The van der Waals surface area contributed by atoms with Gasteiger partial charge in [-0.1, -0.05) is 53.6 Å². The van der Waals surface area contributed by atoms with Crippen molar-refractivity contribution in [2.24, 2.45) is 11.8 Å². The summed E-state index contributed by atoms with van der Waals surface area (Å²) in [7, 11) is 0. The van der Waals surface area contributed by atoms with Crippen LogP contribution in [-0.2, 0) is 0 Å². The Balaban J connectivity index is 1.79. The normalized spacial score (nSPS) is 22.5. The van der Waals surface area contributed by atoms with Crippen LogP contribution in [0.15, 0.2) is 40.9 Å². The fraction of sp³-hybridized carbons (Fsp3) is 0.474. The third kappa shape index (κ3) is 5.17. The minimum Gasteiger partial charge on any atom is -0.0730 e. The zero-order chi connectivity index (χ0) is 14.2. The molecule has 1 aromatic carbocycles. The SMILES string of the molecule is CCC[C@H]1CC[C@H](/C=C/C#Cc2ccc(Br)cc2)CC1. The molecule has 0 spiro atoms. The van der Waals surface area contributed by atoms with Crippen LogP contribution in [0.2, 0.25) is 0 Å². The first-order valence-corrected chi connectivity index (χ1v) is 8.51. The maximum Gasteiger partial charge on any atom is 0.0249 e. The molecule has 0 heterocycles. The summed E-state index contributed by atoms with van der Waals surface area (Å²) in [5.74, 6) is 8.08. The predicted octanol–water partition coefficient (Wildman–Crippen LogP) is 5.96. The molecular weight excluding hydrogens is 308 g/mol. The van der Waals surface area contributed by atoms with E-state index in [4.69, 9.17) is 0 Å². The van der Waals surface area contributed by atoms with Crippen molar-refractivity contribution in [1.82, 2.24) is 0 Å². The van der Waals surface area contributed by atoms with E-state index in [2.05, 4.69) is 40.8 Å². The van der Waals surface area contributed by atoms with Gasteiger partial charge in [-0.05, 0) is 67.9 Å². The summed E-state index contributed by atoms with van der Waals surface area (Å²) in [6.45, 7) is 2.30. The predicted molar refractivity (Wildman–Crippen MR) is 90.5 cm³/mol. The minimum atomic E-state index is 0.752. The molecule has 20 heavy (non-hydrogen) atoms. The molecule has 2 rings (SSSR count). The number of benzene rings is 1. The summed E-state index contributed by atoms with van der Waals surface area (Å²) in [6.07, 6.45) is 12.6. The van der Waals surface area contributed by atoms with Gasteiger partial charge in [0, 0.05) is 10.0 Å². The van der Waals surface area contributed by atoms with Crippen molar-refractivity contribution in [1.29, 1.82) is 0 Å². The van der Waals surface area contributed by atoms with Gasteiger partial charge in [0.05, 0.1) is 0 Å². The van der Waals surface area contributed by atoms with Crippen molar-refractivity contribution in [2.45, 2.75) is 45.4 Å². The molecule has 0 bridgehead atoms. The average Bonchev–Trinajstić information content (AvgIpc) is 2.47. The third-order valence-electron chi connectivity index (χ3n) is 4.10. The fourth-order valence-corrected chi connectivity index (χ4v) is 3.18. The van der Waals surface area contributed by atoms with Crippen LogP contribution in [-0.4, -0.2) is 0 Å². The summed E-state index contributed by atoms with van der Waals surface area (Å²) in [4.78, 5) is 0. The standard InChI is InChI=1S/C19H23Br/c1-2-5-16-8-10-17(11-9-16)6-3-4-7-18-12-14-19(20)15-13-18/h3,6,12-17H,2,5,8-11H2,1H3/b6-3+/t16-,17-. The van der Waals surface area contributed by atoms with Crippen LogP contribution in [0.4, 0.5) is 0 Å². The Morgan fingerprint density at radius 3 is 2.50 bits per heavy atom. The molecule has 0 aliphatic heterocycles. The van der Waals surface area contributed by atoms with E-state index in [1.165, 1.54) is 38.5 Å². The Morgan fingerprint density at radius 2 is 1.85 bits per heavy atom. The van der Waals surface area contributed by atoms with Crippen molar-refractivity contribution in [3.8, 4) is 11.8 Å². The number of rotatable bonds is 3. The summed E-state index contributed by atoms with van der Waals surface area (Å²) in [5, 5.41) is 0. The molecule has 106 valence electrons. The Morgan fingerprint density at radius 1 is 1.15 bits per heavy atom. The van der Waals surface area contributed by atoms with E-state index >= 15 is 0 Å². The molecule has 0 amide bonds. The first-order chi connectivity index (χ1) is 9.78. The van der Waals surface area contributed by atoms with Crippen LogP contribution >= 0.6 is 15.9 Å². The van der Waals surface area contributed by atoms with Gasteiger partial charge >= 0.3 is 0 Å². The molecule has 0 unspecified atom stereocenters. The van der Waals surface area contributed by atoms with Gasteiger partial charge in [-0.25, -0.2) is 0 Å². The highest BCUT2D eigenvalue weighted by molar-refractivity contribution is 9.10. The van der Waals surface area contributed by atoms with Gasteiger partial charge in [-0.2, -0.15) is 0 Å². The molecular formula is C19H23Br. The van der Waals surface area contributed by atoms with Gasteiger partial charge in [0.15, 0.2) is 0 Å². The molecule has 0 atom stereocenters. The largest absolute Gasteiger partial charge is 0.0730 e. The Kier molecular flexibility index (Phi) is 6.40. The molecule has 1 aliphatic carbocycles. The van der Waals surface area contributed by atoms with Gasteiger partial charge in [0.1, 0.15) is 0 Å². The Bertz CT molecular complexity index is 479.